The summed E-state index contributed by atoms with van der Waals surface area (Å²) in [4.78, 5) is 20.7. The van der Waals surface area contributed by atoms with Gasteiger partial charge in [0.25, 0.3) is 5.91 Å². The van der Waals surface area contributed by atoms with Crippen molar-refractivity contribution in [1.29, 1.82) is 5.26 Å². The number of hydrogen-bond acceptors (Lipinski definition) is 5. The third-order valence-electron chi connectivity index (χ3n) is 4.65. The molecule has 0 fully saturated rings. The van der Waals surface area contributed by atoms with E-state index in [4.69, 9.17) is 10.00 Å². The fourth-order valence-electron chi connectivity index (χ4n) is 3.15. The summed E-state index contributed by atoms with van der Waals surface area (Å²) in [6, 6.07) is 24.8. The Bertz CT molecular complexity index is 1210. The van der Waals surface area contributed by atoms with Gasteiger partial charge in [0.2, 0.25) is 0 Å². The van der Waals surface area contributed by atoms with E-state index in [1.165, 1.54) is 0 Å². The van der Waals surface area contributed by atoms with E-state index in [2.05, 4.69) is 15.3 Å². The van der Waals surface area contributed by atoms with Gasteiger partial charge < -0.3 is 15.0 Å². The molecule has 3 aromatic carbocycles. The number of rotatable bonds is 8. The van der Waals surface area contributed by atoms with Gasteiger partial charge in [0.05, 0.1) is 11.0 Å². The van der Waals surface area contributed by atoms with Crippen molar-refractivity contribution in [2.45, 2.75) is 17.5 Å². The highest BCUT2D eigenvalue weighted by Crippen LogP contribution is 2.24. The van der Waals surface area contributed by atoms with Gasteiger partial charge in [-0.2, -0.15) is 5.26 Å². The van der Waals surface area contributed by atoms with E-state index in [1.807, 2.05) is 72.8 Å². The standard InChI is InChI=1S/C24H20N4O2S/c25-12-13-30-19-8-5-6-17(14-19)15-26-23(29)20-9-2-1-7-18(20)16-31-24-27-21-10-3-4-11-22(21)28-24/h1-11,14H,13,15-16H2,(H,26,29)(H,27,28). The lowest BCUT2D eigenvalue weighted by atomic mass is 10.1. The van der Waals surface area contributed by atoms with Crippen LogP contribution in [0.4, 0.5) is 0 Å². The van der Waals surface area contributed by atoms with Gasteiger partial charge in [-0.1, -0.05) is 54.2 Å². The summed E-state index contributed by atoms with van der Waals surface area (Å²) in [5, 5.41) is 12.4. The summed E-state index contributed by atoms with van der Waals surface area (Å²) in [5.41, 5.74) is 4.41. The van der Waals surface area contributed by atoms with Crippen molar-refractivity contribution < 1.29 is 9.53 Å². The average molecular weight is 429 g/mol. The second-order valence-electron chi connectivity index (χ2n) is 6.78. The van der Waals surface area contributed by atoms with Gasteiger partial charge in [0.1, 0.15) is 11.8 Å². The zero-order valence-electron chi connectivity index (χ0n) is 16.7. The van der Waals surface area contributed by atoms with E-state index in [9.17, 15) is 4.79 Å². The maximum absolute atomic E-state index is 12.8. The van der Waals surface area contributed by atoms with Crippen LogP contribution in [0.5, 0.6) is 5.75 Å². The number of para-hydroxylation sites is 2. The van der Waals surface area contributed by atoms with Gasteiger partial charge in [-0.3, -0.25) is 4.79 Å². The van der Waals surface area contributed by atoms with Crippen molar-refractivity contribution in [2.24, 2.45) is 0 Å². The molecule has 6 nitrogen and oxygen atoms in total. The van der Waals surface area contributed by atoms with Crippen molar-refractivity contribution in [3.05, 3.63) is 89.5 Å². The second-order valence-corrected chi connectivity index (χ2v) is 7.75. The van der Waals surface area contributed by atoms with Gasteiger partial charge in [-0.15, -0.1) is 0 Å². The van der Waals surface area contributed by atoms with Crippen molar-refractivity contribution in [3.8, 4) is 11.8 Å². The molecule has 0 aliphatic heterocycles. The number of aromatic nitrogens is 2. The summed E-state index contributed by atoms with van der Waals surface area (Å²) in [7, 11) is 0. The van der Waals surface area contributed by atoms with Crippen molar-refractivity contribution in [2.75, 3.05) is 6.61 Å². The summed E-state index contributed by atoms with van der Waals surface area (Å²) in [6.07, 6.45) is 0. The third-order valence-corrected chi connectivity index (χ3v) is 5.57. The number of carbonyl (C=O) groups is 1. The lowest BCUT2D eigenvalue weighted by Gasteiger charge is -2.10. The quantitative estimate of drug-likeness (QED) is 0.398. The molecule has 1 amide bonds. The average Bonchev–Trinajstić information content (AvgIpc) is 3.23. The molecule has 0 aliphatic carbocycles. The second kappa shape index (κ2) is 9.83. The van der Waals surface area contributed by atoms with Crippen LogP contribution in [0.25, 0.3) is 11.0 Å². The number of fused-ring (bicyclic) bond motifs is 1. The van der Waals surface area contributed by atoms with Gasteiger partial charge in [0.15, 0.2) is 11.8 Å². The number of aromatic amines is 1. The number of carbonyl (C=O) groups excluding carboxylic acids is 1. The van der Waals surface area contributed by atoms with Gasteiger partial charge in [-0.05, 0) is 41.5 Å². The Balaban J connectivity index is 1.40. The molecule has 31 heavy (non-hydrogen) atoms. The third kappa shape index (κ3) is 5.24. The Morgan fingerprint density at radius 1 is 1.10 bits per heavy atom. The van der Waals surface area contributed by atoms with Crippen LogP contribution in [0.3, 0.4) is 0 Å². The Kier molecular flexibility index (Phi) is 6.50. The Morgan fingerprint density at radius 3 is 2.81 bits per heavy atom. The predicted octanol–water partition coefficient (Wildman–Crippen LogP) is 4.69. The van der Waals surface area contributed by atoms with E-state index < -0.39 is 0 Å². The molecule has 0 bridgehead atoms. The smallest absolute Gasteiger partial charge is 0.251 e. The molecule has 0 saturated heterocycles. The number of amides is 1. The van der Waals surface area contributed by atoms with Gasteiger partial charge in [-0.25, -0.2) is 4.98 Å². The minimum Gasteiger partial charge on any atom is -0.479 e. The van der Waals surface area contributed by atoms with Crippen LogP contribution in [0.15, 0.2) is 78.0 Å². The summed E-state index contributed by atoms with van der Waals surface area (Å²) < 4.78 is 5.32. The molecule has 154 valence electrons. The molecule has 4 rings (SSSR count). The van der Waals surface area contributed by atoms with Crippen LogP contribution in [-0.4, -0.2) is 22.5 Å². The Hall–Kier alpha value is -3.76. The molecule has 0 spiro atoms. The lowest BCUT2D eigenvalue weighted by Crippen LogP contribution is -2.23. The molecule has 0 saturated carbocycles. The number of ether oxygens (including phenoxy) is 1. The van der Waals surface area contributed by atoms with Crippen LogP contribution in [-0.2, 0) is 12.3 Å². The minimum absolute atomic E-state index is 0.00785. The Morgan fingerprint density at radius 2 is 1.94 bits per heavy atom. The normalized spacial score (nSPS) is 10.5. The first-order chi connectivity index (χ1) is 15.2. The maximum atomic E-state index is 12.8. The molecule has 1 aromatic heterocycles. The maximum Gasteiger partial charge on any atom is 0.251 e. The number of nitriles is 1. The summed E-state index contributed by atoms with van der Waals surface area (Å²) in [5.74, 6) is 1.10. The van der Waals surface area contributed by atoms with Gasteiger partial charge in [0, 0.05) is 17.9 Å². The highest BCUT2D eigenvalue weighted by Gasteiger charge is 2.12. The minimum atomic E-state index is -0.135. The molecule has 4 aromatic rings. The summed E-state index contributed by atoms with van der Waals surface area (Å²) in [6.45, 7) is 0.361. The molecule has 0 atom stereocenters. The fourth-order valence-corrected chi connectivity index (χ4v) is 4.04. The number of imidazole rings is 1. The number of benzene rings is 3. The van der Waals surface area contributed by atoms with E-state index in [0.29, 0.717) is 23.6 Å². The molecule has 0 aliphatic rings. The van der Waals surface area contributed by atoms with E-state index >= 15 is 0 Å². The SMILES string of the molecule is N#CCOc1cccc(CNC(=O)c2ccccc2CSc2nc3ccccc3[nH]2)c1. The molecule has 0 unspecified atom stereocenters. The molecule has 0 radical (unpaired) electrons. The van der Waals surface area contributed by atoms with Crippen LogP contribution in [0.1, 0.15) is 21.5 Å². The molecule has 1 heterocycles. The van der Waals surface area contributed by atoms with Crippen molar-refractivity contribution in [3.63, 3.8) is 0 Å². The predicted molar refractivity (Wildman–Crippen MR) is 121 cm³/mol. The van der Waals surface area contributed by atoms with Crippen molar-refractivity contribution >= 4 is 28.7 Å². The van der Waals surface area contributed by atoms with Crippen LogP contribution in [0, 0.1) is 11.3 Å². The zero-order chi connectivity index (χ0) is 21.5. The molecular weight excluding hydrogens is 408 g/mol. The van der Waals surface area contributed by atoms with E-state index in [1.54, 1.807) is 17.8 Å². The number of nitrogens with zero attached hydrogens (tertiary/aromatic N) is 2. The molecule has 2 N–H and O–H groups in total. The lowest BCUT2D eigenvalue weighted by molar-refractivity contribution is 0.0950. The van der Waals surface area contributed by atoms with Gasteiger partial charge >= 0.3 is 0 Å². The first-order valence-electron chi connectivity index (χ1n) is 9.75. The van der Waals surface area contributed by atoms with Crippen LogP contribution >= 0.6 is 11.8 Å². The monoisotopic (exact) mass is 428 g/mol. The number of H-pyrrole nitrogens is 1. The first kappa shape index (κ1) is 20.5. The van der Waals surface area contributed by atoms with Crippen LogP contribution < -0.4 is 10.1 Å². The molecular formula is C24H20N4O2S. The number of thioether (sulfide) groups is 1. The zero-order valence-corrected chi connectivity index (χ0v) is 17.5. The van der Waals surface area contributed by atoms with Crippen LogP contribution in [0.2, 0.25) is 0 Å². The summed E-state index contributed by atoms with van der Waals surface area (Å²) >= 11 is 1.57. The number of nitrogens with one attached hydrogen (secondary N) is 2. The highest BCUT2D eigenvalue weighted by atomic mass is 32.2. The van der Waals surface area contributed by atoms with E-state index in [0.717, 1.165) is 27.3 Å². The van der Waals surface area contributed by atoms with Crippen molar-refractivity contribution in [1.82, 2.24) is 15.3 Å². The number of hydrogen-bond donors (Lipinski definition) is 2. The largest absolute Gasteiger partial charge is 0.479 e. The van der Waals surface area contributed by atoms with E-state index in [-0.39, 0.29) is 12.5 Å². The molecule has 7 heteroatoms. The topological polar surface area (TPSA) is 90.8 Å². The fraction of sp³-hybridized carbons (Fsp3) is 0.125. The highest BCUT2D eigenvalue weighted by molar-refractivity contribution is 7.98. The Labute approximate surface area is 184 Å². The first-order valence-corrected chi connectivity index (χ1v) is 10.7.